The molecule has 4 nitrogen and oxygen atoms in total. The molecule has 0 saturated carbocycles. The first-order valence-corrected chi connectivity index (χ1v) is 5.87. The van der Waals surface area contributed by atoms with E-state index in [0.29, 0.717) is 0 Å². The fraction of sp³-hybridized carbons (Fsp3) is 0.0769. The molecule has 0 aliphatic rings. The van der Waals surface area contributed by atoms with Gasteiger partial charge >= 0.3 is 6.18 Å². The fourth-order valence-electron chi connectivity index (χ4n) is 1.44. The second-order valence-electron chi connectivity index (χ2n) is 3.78. The van der Waals surface area contributed by atoms with Gasteiger partial charge in [0.1, 0.15) is 11.4 Å². The topological polar surface area (TPSA) is 51.5 Å². The van der Waals surface area contributed by atoms with Crippen molar-refractivity contribution >= 4 is 23.4 Å². The van der Waals surface area contributed by atoms with E-state index < -0.39 is 11.9 Å². The van der Waals surface area contributed by atoms with Crippen molar-refractivity contribution in [2.24, 2.45) is 4.99 Å². The van der Waals surface area contributed by atoms with Crippen molar-refractivity contribution in [1.29, 1.82) is 0 Å². The van der Waals surface area contributed by atoms with Crippen LogP contribution < -0.4 is 4.74 Å². The van der Waals surface area contributed by atoms with Crippen molar-refractivity contribution in [2.45, 2.75) is 6.18 Å². The monoisotopic (exact) mass is 314 g/mol. The number of isocyanates is 1. The number of alkyl halides is 3. The Bertz CT molecular complexity index is 713. The molecule has 0 atom stereocenters. The number of benzene rings is 1. The van der Waals surface area contributed by atoms with E-state index in [1.54, 1.807) is 0 Å². The summed E-state index contributed by atoms with van der Waals surface area (Å²) in [6, 6.07) is 7.35. The average molecular weight is 315 g/mol. The molecule has 0 amide bonds. The molecule has 8 heteroatoms. The average Bonchev–Trinajstić information content (AvgIpc) is 2.42. The maximum Gasteiger partial charge on any atom is 0.433 e. The lowest BCUT2D eigenvalue weighted by molar-refractivity contribution is -0.141. The smallest absolute Gasteiger partial charge is 0.433 e. The summed E-state index contributed by atoms with van der Waals surface area (Å²) in [5, 5.41) is 0.0747. The minimum absolute atomic E-state index is 0.0747. The van der Waals surface area contributed by atoms with Gasteiger partial charge in [-0.15, -0.1) is 0 Å². The van der Waals surface area contributed by atoms with E-state index in [1.165, 1.54) is 36.4 Å². The van der Waals surface area contributed by atoms with E-state index in [0.717, 1.165) is 6.07 Å². The summed E-state index contributed by atoms with van der Waals surface area (Å²) in [6.45, 7) is 0. The predicted octanol–water partition coefficient (Wildman–Crippen LogP) is 4.51. The molecule has 0 fully saturated rings. The van der Waals surface area contributed by atoms with E-state index in [9.17, 15) is 18.0 Å². The van der Waals surface area contributed by atoms with E-state index in [4.69, 9.17) is 16.3 Å². The summed E-state index contributed by atoms with van der Waals surface area (Å²) in [6.07, 6.45) is -3.22. The Kier molecular flexibility index (Phi) is 4.26. The largest absolute Gasteiger partial charge is 0.437 e. The number of hydrogen-bond donors (Lipinski definition) is 0. The summed E-state index contributed by atoms with van der Waals surface area (Å²) < 4.78 is 42.8. The number of aromatic nitrogens is 1. The number of halogens is 4. The molecule has 0 aliphatic heterocycles. The molecule has 0 aliphatic carbocycles. The van der Waals surface area contributed by atoms with Crippen molar-refractivity contribution in [3.63, 3.8) is 0 Å². The van der Waals surface area contributed by atoms with Gasteiger partial charge < -0.3 is 4.74 Å². The standard InChI is InChI=1S/C13H6ClF3N2O2/c14-9-6-8(18-7-20)4-5-10(9)21-12-3-1-2-11(19-12)13(15,16)17/h1-6H. The number of hydrogen-bond acceptors (Lipinski definition) is 4. The first-order chi connectivity index (χ1) is 9.90. The Hall–Kier alpha value is -2.37. The van der Waals surface area contributed by atoms with Crippen LogP contribution in [0.4, 0.5) is 18.9 Å². The molecule has 0 saturated heterocycles. The second kappa shape index (κ2) is 5.95. The highest BCUT2D eigenvalue weighted by atomic mass is 35.5. The molecule has 2 aromatic rings. The highest BCUT2D eigenvalue weighted by molar-refractivity contribution is 6.32. The van der Waals surface area contributed by atoms with Crippen LogP contribution in [0.25, 0.3) is 0 Å². The first-order valence-electron chi connectivity index (χ1n) is 5.49. The lowest BCUT2D eigenvalue weighted by Crippen LogP contribution is -2.07. The maximum absolute atomic E-state index is 12.5. The highest BCUT2D eigenvalue weighted by Gasteiger charge is 2.32. The molecule has 0 N–H and O–H groups in total. The number of nitrogens with zero attached hydrogens (tertiary/aromatic N) is 2. The van der Waals surface area contributed by atoms with Crippen LogP contribution in [0.15, 0.2) is 41.4 Å². The van der Waals surface area contributed by atoms with Gasteiger partial charge in [-0.3, -0.25) is 0 Å². The van der Waals surface area contributed by atoms with Crippen LogP contribution in [0.1, 0.15) is 5.69 Å². The molecule has 1 aromatic heterocycles. The highest BCUT2D eigenvalue weighted by Crippen LogP contribution is 2.33. The van der Waals surface area contributed by atoms with E-state index in [2.05, 4.69) is 9.98 Å². The molecular formula is C13H6ClF3N2O2. The summed E-state index contributed by atoms with van der Waals surface area (Å²) in [7, 11) is 0. The minimum Gasteiger partial charge on any atom is -0.437 e. The summed E-state index contributed by atoms with van der Waals surface area (Å²) in [5.41, 5.74) is -0.822. The molecule has 21 heavy (non-hydrogen) atoms. The molecule has 1 heterocycles. The SMILES string of the molecule is O=C=Nc1ccc(Oc2cccc(C(F)(F)F)n2)c(Cl)c1. The number of rotatable bonds is 3. The van der Waals surface area contributed by atoms with E-state index >= 15 is 0 Å². The number of pyridine rings is 1. The Balaban J connectivity index is 2.28. The molecule has 0 spiro atoms. The number of carbonyl (C=O) groups excluding carboxylic acids is 1. The zero-order chi connectivity index (χ0) is 15.5. The maximum atomic E-state index is 12.5. The molecule has 0 radical (unpaired) electrons. The van der Waals surface area contributed by atoms with Gasteiger partial charge in [-0.1, -0.05) is 17.7 Å². The van der Waals surface area contributed by atoms with Gasteiger partial charge in [0.25, 0.3) is 0 Å². The van der Waals surface area contributed by atoms with Crippen LogP contribution >= 0.6 is 11.6 Å². The third-order valence-corrected chi connectivity index (χ3v) is 2.61. The van der Waals surface area contributed by atoms with Gasteiger partial charge in [-0.2, -0.15) is 18.2 Å². The zero-order valence-electron chi connectivity index (χ0n) is 10.2. The third kappa shape index (κ3) is 3.81. The minimum atomic E-state index is -4.56. The van der Waals surface area contributed by atoms with Gasteiger partial charge in [0, 0.05) is 6.07 Å². The number of aliphatic imine (C=N–C) groups is 1. The van der Waals surface area contributed by atoms with Gasteiger partial charge in [0.15, 0.2) is 0 Å². The first kappa shape index (κ1) is 15.0. The summed E-state index contributed by atoms with van der Waals surface area (Å²) >= 11 is 5.88. The molecule has 108 valence electrons. The Morgan fingerprint density at radius 3 is 2.62 bits per heavy atom. The second-order valence-corrected chi connectivity index (χ2v) is 4.19. The van der Waals surface area contributed by atoms with Gasteiger partial charge in [-0.05, 0) is 24.3 Å². The lowest BCUT2D eigenvalue weighted by Gasteiger charge is -2.09. The fourth-order valence-corrected chi connectivity index (χ4v) is 1.65. The van der Waals surface area contributed by atoms with E-state index in [-0.39, 0.29) is 22.3 Å². The van der Waals surface area contributed by atoms with Crippen LogP contribution in [-0.2, 0) is 11.0 Å². The third-order valence-electron chi connectivity index (χ3n) is 2.32. The van der Waals surface area contributed by atoms with Crippen LogP contribution in [0.3, 0.4) is 0 Å². The quantitative estimate of drug-likeness (QED) is 0.618. The Morgan fingerprint density at radius 2 is 2.00 bits per heavy atom. The predicted molar refractivity (Wildman–Crippen MR) is 68.5 cm³/mol. The van der Waals surface area contributed by atoms with Crippen molar-refractivity contribution in [1.82, 2.24) is 4.98 Å². The molecule has 0 unspecified atom stereocenters. The van der Waals surface area contributed by atoms with Gasteiger partial charge in [0.2, 0.25) is 12.0 Å². The molecular weight excluding hydrogens is 309 g/mol. The lowest BCUT2D eigenvalue weighted by atomic mass is 10.3. The normalized spacial score (nSPS) is 10.9. The summed E-state index contributed by atoms with van der Waals surface area (Å²) in [5.74, 6) is -0.160. The van der Waals surface area contributed by atoms with Crippen molar-refractivity contribution in [3.8, 4) is 11.6 Å². The Labute approximate surface area is 121 Å². The van der Waals surface area contributed by atoms with Crippen molar-refractivity contribution < 1.29 is 22.7 Å². The van der Waals surface area contributed by atoms with E-state index in [1.807, 2.05) is 0 Å². The summed E-state index contributed by atoms with van der Waals surface area (Å²) in [4.78, 5) is 16.8. The molecule has 2 rings (SSSR count). The Morgan fingerprint density at radius 1 is 1.24 bits per heavy atom. The number of ether oxygens (including phenoxy) is 1. The van der Waals surface area contributed by atoms with Crippen molar-refractivity contribution in [3.05, 3.63) is 47.1 Å². The molecule has 0 bridgehead atoms. The van der Waals surface area contributed by atoms with Crippen LogP contribution in [0.2, 0.25) is 5.02 Å². The van der Waals surface area contributed by atoms with Gasteiger partial charge in [0.05, 0.1) is 10.7 Å². The van der Waals surface area contributed by atoms with Crippen LogP contribution in [0, 0.1) is 0 Å². The zero-order valence-corrected chi connectivity index (χ0v) is 10.9. The molecule has 1 aromatic carbocycles. The van der Waals surface area contributed by atoms with Crippen LogP contribution in [0.5, 0.6) is 11.6 Å². The van der Waals surface area contributed by atoms with Crippen LogP contribution in [-0.4, -0.2) is 11.1 Å². The van der Waals surface area contributed by atoms with Gasteiger partial charge in [-0.25, -0.2) is 9.78 Å². The van der Waals surface area contributed by atoms with Crippen molar-refractivity contribution in [2.75, 3.05) is 0 Å².